The summed E-state index contributed by atoms with van der Waals surface area (Å²) in [6.45, 7) is 12.5. The molecule has 0 saturated heterocycles. The molecule has 8 heteroatoms. The van der Waals surface area contributed by atoms with Crippen molar-refractivity contribution in [1.82, 2.24) is 0 Å². The number of carbonyl (C=O) groups is 2. The van der Waals surface area contributed by atoms with E-state index in [4.69, 9.17) is 20.9 Å². The predicted molar refractivity (Wildman–Crippen MR) is 214 cm³/mol. The molecule has 0 heterocycles. The highest BCUT2D eigenvalue weighted by atomic mass is 16.6. The Morgan fingerprint density at radius 3 is 1.77 bits per heavy atom. The number of unbranched alkanes of at least 4 members (excludes halogenated alkanes) is 1. The number of hydrogen-bond acceptors (Lipinski definition) is 5. The maximum atomic E-state index is 13.2. The first-order valence-electron chi connectivity index (χ1n) is 19.8. The van der Waals surface area contributed by atoms with E-state index < -0.39 is 17.5 Å². The minimum absolute atomic E-state index is 0.123. The van der Waals surface area contributed by atoms with Gasteiger partial charge in [0.15, 0.2) is 5.96 Å². The molecule has 8 nitrogen and oxygen atoms in total. The van der Waals surface area contributed by atoms with Gasteiger partial charge in [-0.2, -0.15) is 0 Å². The molecule has 0 saturated carbocycles. The lowest BCUT2D eigenvalue weighted by molar-refractivity contribution is -0.164. The number of esters is 1. The zero-order valence-electron chi connectivity index (χ0n) is 33.3. The molecule has 0 aliphatic rings. The summed E-state index contributed by atoms with van der Waals surface area (Å²) in [5.41, 5.74) is 13.1. The maximum absolute atomic E-state index is 13.2. The lowest BCUT2D eigenvalue weighted by Crippen LogP contribution is -2.33. The van der Waals surface area contributed by atoms with Gasteiger partial charge in [0.25, 0.3) is 0 Å². The SMILES string of the molecule is CC(C)(C)OC[C@H](CC[C@H](CCC(=O)O)CC[C@@H](CCCN=C(N)N)CC[C@H](CCCCc1ccccc1)Cc1ccccc1)C(=O)OC(C)(C)C. The van der Waals surface area contributed by atoms with E-state index in [0.29, 0.717) is 31.2 Å². The van der Waals surface area contributed by atoms with Crippen LogP contribution in [0.25, 0.3) is 0 Å². The quantitative estimate of drug-likeness (QED) is 0.0381. The molecule has 2 aromatic carbocycles. The van der Waals surface area contributed by atoms with Gasteiger partial charge in [-0.25, -0.2) is 0 Å². The van der Waals surface area contributed by atoms with Crippen LogP contribution in [0.4, 0.5) is 0 Å². The highest BCUT2D eigenvalue weighted by molar-refractivity contribution is 5.75. The van der Waals surface area contributed by atoms with E-state index in [0.717, 1.165) is 57.8 Å². The van der Waals surface area contributed by atoms with Crippen molar-refractivity contribution in [3.63, 3.8) is 0 Å². The van der Waals surface area contributed by atoms with Crippen molar-refractivity contribution in [2.24, 2.45) is 40.1 Å². The average molecular weight is 722 g/mol. The van der Waals surface area contributed by atoms with Crippen LogP contribution in [0.1, 0.15) is 136 Å². The molecule has 0 aliphatic heterocycles. The number of aryl methyl sites for hydroxylation is 1. The Hall–Kier alpha value is -3.39. The number of carbonyl (C=O) groups excluding carboxylic acids is 1. The smallest absolute Gasteiger partial charge is 0.311 e. The highest BCUT2D eigenvalue weighted by Gasteiger charge is 2.28. The van der Waals surface area contributed by atoms with Gasteiger partial charge < -0.3 is 26.0 Å². The Kier molecular flexibility index (Phi) is 20.7. The Labute approximate surface area is 315 Å². The number of carboxylic acid groups (broad SMARTS) is 1. The first-order valence-corrected chi connectivity index (χ1v) is 19.8. The summed E-state index contributed by atoms with van der Waals surface area (Å²) in [6, 6.07) is 21.6. The van der Waals surface area contributed by atoms with Crippen LogP contribution in [-0.4, -0.2) is 47.4 Å². The van der Waals surface area contributed by atoms with Crippen LogP contribution in [0.5, 0.6) is 0 Å². The molecule has 0 spiro atoms. The lowest BCUT2D eigenvalue weighted by Gasteiger charge is -2.28. The molecule has 0 radical (unpaired) electrons. The standard InChI is InChI=1S/C44H71N3O5/c1-43(2,3)51-33-39(41(50)52-44(4,5)6)29-27-36(28-30-40(48)49)24-23-35(22-15-31-47-42(45)46)25-26-38(32-37-19-11-8-12-20-37)21-14-13-18-34-16-9-7-10-17-34/h7-12,16-17,19-20,35-36,38-39H,13-15,18,21-33H2,1-6H3,(H,48,49)(H4,45,46,47)/t35-,36-,38+,39+/m1/s1. The van der Waals surface area contributed by atoms with Gasteiger partial charge in [0.05, 0.1) is 18.1 Å². The van der Waals surface area contributed by atoms with E-state index in [1.165, 1.54) is 30.4 Å². The summed E-state index contributed by atoms with van der Waals surface area (Å²) in [5.74, 6) is -0.0443. The molecule has 2 rings (SSSR count). The number of aliphatic carboxylic acids is 1. The van der Waals surface area contributed by atoms with Gasteiger partial charge in [0.2, 0.25) is 0 Å². The molecule has 0 amide bonds. The van der Waals surface area contributed by atoms with Crippen LogP contribution in [0.3, 0.4) is 0 Å². The second kappa shape index (κ2) is 24.0. The second-order valence-electron chi connectivity index (χ2n) is 16.8. The summed E-state index contributed by atoms with van der Waals surface area (Å²) in [5, 5.41) is 9.59. The lowest BCUT2D eigenvalue weighted by atomic mass is 9.81. The van der Waals surface area contributed by atoms with Crippen molar-refractivity contribution >= 4 is 17.9 Å². The van der Waals surface area contributed by atoms with Crippen molar-refractivity contribution in [3.05, 3.63) is 71.8 Å². The average Bonchev–Trinajstić information content (AvgIpc) is 3.06. The first-order chi connectivity index (χ1) is 24.6. The molecule has 0 unspecified atom stereocenters. The number of rotatable bonds is 26. The Balaban J connectivity index is 2.13. The van der Waals surface area contributed by atoms with Gasteiger partial charge in [-0.3, -0.25) is 14.6 Å². The topological polar surface area (TPSA) is 137 Å². The van der Waals surface area contributed by atoms with Crippen LogP contribution in [0.15, 0.2) is 65.7 Å². The monoisotopic (exact) mass is 722 g/mol. The van der Waals surface area contributed by atoms with Gasteiger partial charge in [-0.15, -0.1) is 0 Å². The highest BCUT2D eigenvalue weighted by Crippen LogP contribution is 2.32. The number of guanidine groups is 1. The van der Waals surface area contributed by atoms with E-state index in [-0.39, 0.29) is 36.5 Å². The Bertz CT molecular complexity index is 1280. The fourth-order valence-corrected chi connectivity index (χ4v) is 6.87. The molecule has 292 valence electrons. The Morgan fingerprint density at radius 2 is 1.21 bits per heavy atom. The van der Waals surface area contributed by atoms with Crippen LogP contribution < -0.4 is 11.5 Å². The molecular formula is C44H71N3O5. The predicted octanol–water partition coefficient (Wildman–Crippen LogP) is 9.52. The number of aliphatic imine (C=N–C) groups is 1. The second-order valence-corrected chi connectivity index (χ2v) is 16.8. The summed E-state index contributed by atoms with van der Waals surface area (Å²) in [7, 11) is 0. The van der Waals surface area contributed by atoms with E-state index in [9.17, 15) is 14.7 Å². The third-order valence-corrected chi connectivity index (χ3v) is 9.72. The van der Waals surface area contributed by atoms with Crippen LogP contribution in [-0.2, 0) is 31.9 Å². The molecule has 0 fully saturated rings. The number of carboxylic acids is 1. The van der Waals surface area contributed by atoms with Crippen molar-refractivity contribution in [3.8, 4) is 0 Å². The molecule has 2 aromatic rings. The normalized spacial score (nSPS) is 14.3. The zero-order valence-corrected chi connectivity index (χ0v) is 33.3. The fraction of sp³-hybridized carbons (Fsp3) is 0.659. The largest absolute Gasteiger partial charge is 0.481 e. The summed E-state index contributed by atoms with van der Waals surface area (Å²) < 4.78 is 11.8. The summed E-state index contributed by atoms with van der Waals surface area (Å²) in [4.78, 5) is 29.2. The number of nitrogens with two attached hydrogens (primary N) is 2. The van der Waals surface area contributed by atoms with Gasteiger partial charge in [0, 0.05) is 13.0 Å². The van der Waals surface area contributed by atoms with E-state index >= 15 is 0 Å². The van der Waals surface area contributed by atoms with Crippen molar-refractivity contribution < 1.29 is 24.2 Å². The summed E-state index contributed by atoms with van der Waals surface area (Å²) >= 11 is 0. The molecule has 0 aliphatic carbocycles. The van der Waals surface area contributed by atoms with Crippen molar-refractivity contribution in [2.75, 3.05) is 13.2 Å². The van der Waals surface area contributed by atoms with Gasteiger partial charge in [0.1, 0.15) is 5.60 Å². The van der Waals surface area contributed by atoms with Crippen LogP contribution >= 0.6 is 0 Å². The third kappa shape index (κ3) is 22.5. The maximum Gasteiger partial charge on any atom is 0.311 e. The van der Waals surface area contributed by atoms with Gasteiger partial charge in [-0.05, 0) is 128 Å². The minimum Gasteiger partial charge on any atom is -0.481 e. The number of ether oxygens (including phenoxy) is 2. The van der Waals surface area contributed by atoms with Crippen molar-refractivity contribution in [1.29, 1.82) is 0 Å². The molecule has 0 bridgehead atoms. The minimum atomic E-state index is -0.783. The fourth-order valence-electron chi connectivity index (χ4n) is 6.87. The molecule has 4 atom stereocenters. The molecule has 52 heavy (non-hydrogen) atoms. The Morgan fingerprint density at radius 1 is 0.673 bits per heavy atom. The van der Waals surface area contributed by atoms with Crippen LogP contribution in [0.2, 0.25) is 0 Å². The molecule has 0 aromatic heterocycles. The molecule has 5 N–H and O–H groups in total. The van der Waals surface area contributed by atoms with Crippen molar-refractivity contribution in [2.45, 2.75) is 149 Å². The third-order valence-electron chi connectivity index (χ3n) is 9.72. The molecular weight excluding hydrogens is 651 g/mol. The first kappa shape index (κ1) is 44.8. The number of hydrogen-bond donors (Lipinski definition) is 3. The summed E-state index contributed by atoms with van der Waals surface area (Å²) in [6.07, 6.45) is 14.0. The zero-order chi connectivity index (χ0) is 38.4. The van der Waals surface area contributed by atoms with E-state index in [1.54, 1.807) is 0 Å². The van der Waals surface area contributed by atoms with E-state index in [2.05, 4.69) is 65.7 Å². The van der Waals surface area contributed by atoms with Gasteiger partial charge in [-0.1, -0.05) is 92.8 Å². The van der Waals surface area contributed by atoms with Gasteiger partial charge >= 0.3 is 11.9 Å². The van der Waals surface area contributed by atoms with Crippen LogP contribution in [0, 0.1) is 23.7 Å². The number of benzene rings is 2. The van der Waals surface area contributed by atoms with E-state index in [1.807, 2.05) is 41.5 Å². The number of nitrogens with zero attached hydrogens (tertiary/aromatic N) is 1.